The first kappa shape index (κ1) is 14.8. The molecule has 0 fully saturated rings. The van der Waals surface area contributed by atoms with Crippen LogP contribution in [-0.4, -0.2) is 11.8 Å². The molecule has 90 valence electrons. The Balaban J connectivity index is 4.27. The van der Waals surface area contributed by atoms with Gasteiger partial charge >= 0.3 is 0 Å². The highest BCUT2D eigenvalue weighted by Crippen LogP contribution is 2.08. The Kier molecular flexibility index (Phi) is 7.48. The number of Topliss-reactive ketones (excluding diaryl/α,β-unsaturated/α-hetero) is 1. The van der Waals surface area contributed by atoms with Crippen LogP contribution in [0.15, 0.2) is 36.0 Å². The zero-order chi connectivity index (χ0) is 12.6. The summed E-state index contributed by atoms with van der Waals surface area (Å²) in [5, 5.41) is 0. The van der Waals surface area contributed by atoms with Gasteiger partial charge in [0.05, 0.1) is 0 Å². The second-order valence-corrected chi connectivity index (χ2v) is 4.02. The predicted octanol–water partition coefficient (Wildman–Crippen LogP) is 3.01. The summed E-state index contributed by atoms with van der Waals surface area (Å²) in [6.45, 7) is 7.47. The van der Waals surface area contributed by atoms with E-state index >= 15 is 0 Å². The van der Waals surface area contributed by atoms with E-state index in [0.717, 1.165) is 6.42 Å². The molecule has 0 spiro atoms. The topological polar surface area (TPSA) is 43.1 Å². The van der Waals surface area contributed by atoms with Crippen LogP contribution in [0.1, 0.15) is 34.1 Å². The molecule has 0 saturated carbocycles. The Morgan fingerprint density at radius 2 is 1.94 bits per heavy atom. The lowest BCUT2D eigenvalue weighted by atomic mass is 10.0. The highest BCUT2D eigenvalue weighted by Gasteiger charge is 2.04. The van der Waals surface area contributed by atoms with Gasteiger partial charge in [0, 0.05) is 12.0 Å². The lowest BCUT2D eigenvalue weighted by Gasteiger charge is -2.08. The molecule has 0 bridgehead atoms. The Morgan fingerprint density at radius 1 is 1.31 bits per heavy atom. The maximum absolute atomic E-state index is 11.0. The molecule has 0 aliphatic carbocycles. The number of ketones is 1. The molecule has 0 aromatic rings. The molecule has 0 unspecified atom stereocenters. The zero-order valence-electron chi connectivity index (χ0n) is 10.7. The number of carbonyl (C=O) groups is 1. The van der Waals surface area contributed by atoms with Crippen LogP contribution >= 0.6 is 0 Å². The van der Waals surface area contributed by atoms with Gasteiger partial charge in [-0.25, -0.2) is 0 Å². The second-order valence-electron chi connectivity index (χ2n) is 4.02. The van der Waals surface area contributed by atoms with Crippen LogP contribution < -0.4 is 5.73 Å². The standard InChI is InChI=1S/C14H23NO/c1-5-7-13(6-2)10-14(15)9-8-11(3)12(4)16/h5-9,11,14H,10,15H2,1-4H3/b7-5-,9-8+,13-6+/t11-,14+/m0/s1. The van der Waals surface area contributed by atoms with Gasteiger partial charge in [-0.3, -0.25) is 4.79 Å². The second kappa shape index (κ2) is 8.05. The number of carbonyl (C=O) groups excluding carboxylic acids is 1. The predicted molar refractivity (Wildman–Crippen MR) is 70.1 cm³/mol. The molecular formula is C14H23NO. The van der Waals surface area contributed by atoms with Crippen molar-refractivity contribution in [3.63, 3.8) is 0 Å². The van der Waals surface area contributed by atoms with Gasteiger partial charge in [-0.1, -0.05) is 42.9 Å². The minimum absolute atomic E-state index is 0.0239. The van der Waals surface area contributed by atoms with Crippen molar-refractivity contribution in [1.82, 2.24) is 0 Å². The fourth-order valence-electron chi connectivity index (χ4n) is 1.28. The summed E-state index contributed by atoms with van der Waals surface area (Å²) < 4.78 is 0. The number of nitrogens with two attached hydrogens (primary N) is 1. The molecule has 0 amide bonds. The highest BCUT2D eigenvalue weighted by molar-refractivity contribution is 5.79. The average Bonchev–Trinajstić information content (AvgIpc) is 2.24. The van der Waals surface area contributed by atoms with Gasteiger partial charge in [-0.2, -0.15) is 0 Å². The first-order chi connectivity index (χ1) is 7.51. The first-order valence-electron chi connectivity index (χ1n) is 5.73. The van der Waals surface area contributed by atoms with Crippen molar-refractivity contribution in [2.45, 2.75) is 40.2 Å². The Labute approximate surface area is 98.9 Å². The van der Waals surface area contributed by atoms with E-state index in [1.54, 1.807) is 6.92 Å². The van der Waals surface area contributed by atoms with Gasteiger partial charge in [0.1, 0.15) is 5.78 Å². The summed E-state index contributed by atoms with van der Waals surface area (Å²) in [5.74, 6) is 0.130. The summed E-state index contributed by atoms with van der Waals surface area (Å²) in [4.78, 5) is 11.0. The van der Waals surface area contributed by atoms with Crippen LogP contribution in [0, 0.1) is 5.92 Å². The SMILES string of the molecule is C/C=C\C(=C/C)C[C@H](N)/C=C/[C@H](C)C(C)=O. The van der Waals surface area contributed by atoms with Gasteiger partial charge in [0.2, 0.25) is 0 Å². The fraction of sp³-hybridized carbons (Fsp3) is 0.500. The summed E-state index contributed by atoms with van der Waals surface area (Å²) in [7, 11) is 0. The Morgan fingerprint density at radius 3 is 2.38 bits per heavy atom. The van der Waals surface area contributed by atoms with E-state index in [9.17, 15) is 4.79 Å². The summed E-state index contributed by atoms with van der Waals surface area (Å²) >= 11 is 0. The van der Waals surface area contributed by atoms with Crippen molar-refractivity contribution in [3.8, 4) is 0 Å². The van der Waals surface area contributed by atoms with Crippen LogP contribution in [0.25, 0.3) is 0 Å². The molecule has 16 heavy (non-hydrogen) atoms. The molecule has 2 N–H and O–H groups in total. The van der Waals surface area contributed by atoms with E-state index in [0.29, 0.717) is 0 Å². The molecule has 0 aliphatic heterocycles. The minimum atomic E-state index is -0.0400. The molecule has 2 nitrogen and oxygen atoms in total. The van der Waals surface area contributed by atoms with Crippen molar-refractivity contribution in [2.24, 2.45) is 11.7 Å². The van der Waals surface area contributed by atoms with Crippen molar-refractivity contribution >= 4 is 5.78 Å². The molecular weight excluding hydrogens is 198 g/mol. The molecule has 0 radical (unpaired) electrons. The molecule has 0 saturated heterocycles. The van der Waals surface area contributed by atoms with Crippen molar-refractivity contribution in [2.75, 3.05) is 0 Å². The normalized spacial score (nSPS) is 16.9. The Bertz CT molecular complexity index is 300. The van der Waals surface area contributed by atoms with E-state index in [1.807, 2.05) is 39.0 Å². The number of hydrogen-bond donors (Lipinski definition) is 1. The molecule has 0 heterocycles. The molecule has 0 aromatic carbocycles. The van der Waals surface area contributed by atoms with Crippen LogP contribution in [-0.2, 0) is 4.79 Å². The quantitative estimate of drug-likeness (QED) is 0.553. The smallest absolute Gasteiger partial charge is 0.136 e. The van der Waals surface area contributed by atoms with Crippen LogP contribution in [0.3, 0.4) is 0 Å². The number of rotatable bonds is 6. The van der Waals surface area contributed by atoms with E-state index in [2.05, 4.69) is 12.2 Å². The van der Waals surface area contributed by atoms with E-state index < -0.39 is 0 Å². The number of hydrogen-bond acceptors (Lipinski definition) is 2. The minimum Gasteiger partial charge on any atom is -0.324 e. The van der Waals surface area contributed by atoms with E-state index in [1.165, 1.54) is 5.57 Å². The van der Waals surface area contributed by atoms with Crippen LogP contribution in [0.2, 0.25) is 0 Å². The zero-order valence-corrected chi connectivity index (χ0v) is 10.7. The van der Waals surface area contributed by atoms with Crippen LogP contribution in [0.4, 0.5) is 0 Å². The van der Waals surface area contributed by atoms with Crippen molar-refractivity contribution in [3.05, 3.63) is 36.0 Å². The van der Waals surface area contributed by atoms with E-state index in [4.69, 9.17) is 5.73 Å². The Hall–Kier alpha value is -1.15. The molecule has 2 atom stereocenters. The van der Waals surface area contributed by atoms with Gasteiger partial charge in [-0.05, 0) is 27.2 Å². The highest BCUT2D eigenvalue weighted by atomic mass is 16.1. The third-order valence-corrected chi connectivity index (χ3v) is 2.51. The van der Waals surface area contributed by atoms with Gasteiger partial charge in [0.15, 0.2) is 0 Å². The van der Waals surface area contributed by atoms with Gasteiger partial charge in [0.25, 0.3) is 0 Å². The van der Waals surface area contributed by atoms with Crippen molar-refractivity contribution in [1.29, 1.82) is 0 Å². The average molecular weight is 221 g/mol. The maximum Gasteiger partial charge on any atom is 0.136 e. The molecule has 0 rings (SSSR count). The maximum atomic E-state index is 11.0. The lowest BCUT2D eigenvalue weighted by Crippen LogP contribution is -2.18. The van der Waals surface area contributed by atoms with Crippen molar-refractivity contribution < 1.29 is 4.79 Å². The first-order valence-corrected chi connectivity index (χ1v) is 5.73. The molecule has 2 heteroatoms. The van der Waals surface area contributed by atoms with Crippen LogP contribution in [0.5, 0.6) is 0 Å². The summed E-state index contributed by atoms with van der Waals surface area (Å²) in [6, 6.07) is -0.0239. The summed E-state index contributed by atoms with van der Waals surface area (Å²) in [6.07, 6.45) is 10.7. The lowest BCUT2D eigenvalue weighted by molar-refractivity contribution is -0.118. The molecule has 0 aromatic heterocycles. The fourth-order valence-corrected chi connectivity index (χ4v) is 1.28. The largest absolute Gasteiger partial charge is 0.324 e. The summed E-state index contributed by atoms with van der Waals surface area (Å²) in [5.41, 5.74) is 7.17. The third kappa shape index (κ3) is 6.36. The monoisotopic (exact) mass is 221 g/mol. The number of allylic oxidation sites excluding steroid dienone is 4. The van der Waals surface area contributed by atoms with Gasteiger partial charge in [-0.15, -0.1) is 0 Å². The van der Waals surface area contributed by atoms with Gasteiger partial charge < -0.3 is 5.73 Å². The molecule has 0 aliphatic rings. The van der Waals surface area contributed by atoms with E-state index in [-0.39, 0.29) is 17.7 Å². The third-order valence-electron chi connectivity index (χ3n) is 2.51.